The minimum absolute atomic E-state index is 0.00916. The summed E-state index contributed by atoms with van der Waals surface area (Å²) in [6.45, 7) is 57.2. The standard InChI is InChI=1S/C26H30O8.C26H38O5.C19H28O4.C19H22O4.C8H8O.C8H14O.C6H10O/c1-15(2)23(29)9-7-11-33-25(31)21-13-20(18(6)28)22(14-19(21)17(5)27)26(32)34-12-8-10-24(30)16(3)4;1-17(2)23(28)10-6-8-12-25(30)21-14-20(19(5)27)15-22(16-21)26(31)13-9-7-11-24(29)18(3)4;2*1-12(2)18(22)7-5-6-8-19(23)17-10-15(13(3)20)9-16(11-17)14(4)21;1-7(9)8-5-3-2-4-6-8;1-4-5-6-8(9)7(2)3;1-4-6(7)5(2)3/h13-14H,1,3,7-12H2,2,4-6H3;20-22H,1,3,6-16H2,2,4-5H3;15-17H,1,5-11H2,2-4H3;9-11H,1,5-8H2,2-4H3;2-6H,1H3;2,4-6H2,1,3H3;2,4H2,1,3H3. The molecule has 136 heavy (non-hydrogen) atoms. The van der Waals surface area contributed by atoms with E-state index in [-0.39, 0.29) is 207 Å². The molecule has 742 valence electrons. The highest BCUT2D eigenvalue weighted by molar-refractivity contribution is 6.13. The van der Waals surface area contributed by atoms with Gasteiger partial charge in [-0.3, -0.25) is 95.9 Å². The number of Topliss-reactive ketones (excluding diaryl/α,β-unsaturated/α-hetero) is 20. The van der Waals surface area contributed by atoms with Crippen molar-refractivity contribution in [2.75, 3.05) is 13.2 Å². The highest BCUT2D eigenvalue weighted by Gasteiger charge is 2.39. The van der Waals surface area contributed by atoms with Gasteiger partial charge < -0.3 is 9.47 Å². The molecule has 0 aliphatic heterocycles. The molecule has 0 radical (unpaired) electrons. The summed E-state index contributed by atoms with van der Waals surface area (Å²) >= 11 is 0. The molecule has 0 bridgehead atoms. The lowest BCUT2D eigenvalue weighted by atomic mass is 9.70. The van der Waals surface area contributed by atoms with Crippen molar-refractivity contribution < 1.29 is 115 Å². The quantitative estimate of drug-likeness (QED) is 0.0219. The Labute approximate surface area is 806 Å². The first-order chi connectivity index (χ1) is 63.5. The van der Waals surface area contributed by atoms with E-state index in [1.54, 1.807) is 62.3 Å². The van der Waals surface area contributed by atoms with Gasteiger partial charge in [-0.15, -0.1) is 0 Å². The second-order valence-electron chi connectivity index (χ2n) is 35.5. The summed E-state index contributed by atoms with van der Waals surface area (Å²) in [5, 5.41) is 0. The van der Waals surface area contributed by atoms with Crippen LogP contribution in [0.5, 0.6) is 0 Å². The number of carbonyl (C=O) groups is 22. The molecule has 0 aromatic heterocycles. The van der Waals surface area contributed by atoms with Gasteiger partial charge in [0.05, 0.1) is 24.3 Å². The lowest BCUT2D eigenvalue weighted by molar-refractivity contribution is -0.133. The van der Waals surface area contributed by atoms with Crippen LogP contribution in [0.4, 0.5) is 0 Å². The molecule has 0 amide bonds. The fourth-order valence-electron chi connectivity index (χ4n) is 14.0. The van der Waals surface area contributed by atoms with Crippen LogP contribution in [0.2, 0.25) is 0 Å². The number of esters is 2. The van der Waals surface area contributed by atoms with E-state index in [0.717, 1.165) is 30.5 Å². The largest absolute Gasteiger partial charge is 0.462 e. The summed E-state index contributed by atoms with van der Waals surface area (Å²) in [5.74, 6) is -3.75. The Bertz CT molecular complexity index is 4710. The van der Waals surface area contributed by atoms with Crippen LogP contribution in [0.25, 0.3) is 0 Å². The van der Waals surface area contributed by atoms with Gasteiger partial charge in [-0.05, 0) is 295 Å². The second kappa shape index (κ2) is 68.0. The number of benzene rings is 3. The van der Waals surface area contributed by atoms with Crippen molar-refractivity contribution >= 4 is 128 Å². The minimum atomic E-state index is -0.853. The molecule has 0 spiro atoms. The monoisotopic (exact) mass is 1880 g/mol. The summed E-state index contributed by atoms with van der Waals surface area (Å²) in [7, 11) is 0. The van der Waals surface area contributed by atoms with Gasteiger partial charge in [0.25, 0.3) is 0 Å². The zero-order chi connectivity index (χ0) is 105. The van der Waals surface area contributed by atoms with Gasteiger partial charge in [0, 0.05) is 146 Å². The van der Waals surface area contributed by atoms with E-state index >= 15 is 0 Å². The number of rotatable bonds is 54. The predicted octanol–water partition coefficient (Wildman–Crippen LogP) is 22.6. The highest BCUT2D eigenvalue weighted by atomic mass is 16.5. The smallest absolute Gasteiger partial charge is 0.338 e. The third-order valence-corrected chi connectivity index (χ3v) is 22.8. The number of unbranched alkanes of at least 4 members (excludes halogenated alkanes) is 5. The molecule has 0 saturated heterocycles. The fraction of sp³-hybridized carbons (Fsp3) is 0.500. The summed E-state index contributed by atoms with van der Waals surface area (Å²) in [6, 6.07) is 16.1. The summed E-state index contributed by atoms with van der Waals surface area (Å²) in [6.07, 6.45) is 15.6. The molecule has 3 aromatic rings. The van der Waals surface area contributed by atoms with E-state index in [1.807, 2.05) is 37.3 Å². The first kappa shape index (κ1) is 126. The maximum Gasteiger partial charge on any atom is 0.338 e. The molecule has 0 N–H and O–H groups in total. The Balaban J connectivity index is 0. The normalized spacial score (nSPS) is 14.7. The molecule has 4 atom stereocenters. The Morgan fingerprint density at radius 2 is 0.485 bits per heavy atom. The lowest BCUT2D eigenvalue weighted by Crippen LogP contribution is -2.34. The van der Waals surface area contributed by atoms with Crippen LogP contribution in [0.3, 0.4) is 0 Å². The van der Waals surface area contributed by atoms with Crippen molar-refractivity contribution in [1.82, 2.24) is 0 Å². The first-order valence-corrected chi connectivity index (χ1v) is 46.9. The van der Waals surface area contributed by atoms with Crippen LogP contribution in [0.15, 0.2) is 158 Å². The molecule has 0 heterocycles. The van der Waals surface area contributed by atoms with Crippen LogP contribution < -0.4 is 0 Å². The van der Waals surface area contributed by atoms with Gasteiger partial charge in [-0.2, -0.15) is 0 Å². The third kappa shape index (κ3) is 52.7. The summed E-state index contributed by atoms with van der Waals surface area (Å²) in [4.78, 5) is 259. The SMILES string of the molecule is C=C(C)C(=O)CC.C=C(C)C(=O)CCCC.C=C(C)C(=O)CCCCC(=O)C1CC(C(C)=O)CC(C(=O)CCCCC(=O)C(=C)C)C1.C=C(C)C(=O)CCCCC(=O)C1CC(C(C)=O)CC(C(C)=O)C1.C=C(C)C(=O)CCCCC(=O)c1cc(C(C)=O)cc(C(C)=O)c1.C=C(C)C(=O)CCCOC(=O)c1cc(C(C)=O)c(C(=O)OCCCC(=O)C(=C)C)cc1C(C)=O.CC(=O)c1ccccc1. The highest BCUT2D eigenvalue weighted by Crippen LogP contribution is 2.38. The van der Waals surface area contributed by atoms with Crippen molar-refractivity contribution in [3.8, 4) is 0 Å². The van der Waals surface area contributed by atoms with Crippen LogP contribution in [0.1, 0.15) is 400 Å². The predicted molar refractivity (Wildman–Crippen MR) is 531 cm³/mol. The molecule has 24 nitrogen and oxygen atoms in total. The molecular formula is C112H150O24. The van der Waals surface area contributed by atoms with Gasteiger partial charge in [-0.1, -0.05) is 103 Å². The van der Waals surface area contributed by atoms with Crippen molar-refractivity contribution in [2.24, 2.45) is 35.5 Å². The topological polar surface area (TPSA) is 394 Å². The van der Waals surface area contributed by atoms with Gasteiger partial charge in [0.1, 0.15) is 34.7 Å². The molecule has 2 aliphatic rings. The number of ketones is 20. The van der Waals surface area contributed by atoms with Crippen LogP contribution in [0, 0.1) is 35.5 Å². The average molecular weight is 1880 g/mol. The number of hydrogen-bond donors (Lipinski definition) is 0. The molecule has 2 saturated carbocycles. The Morgan fingerprint density at radius 1 is 0.250 bits per heavy atom. The van der Waals surface area contributed by atoms with Crippen molar-refractivity contribution in [3.05, 3.63) is 202 Å². The van der Waals surface area contributed by atoms with Crippen molar-refractivity contribution in [2.45, 2.75) is 317 Å². The zero-order valence-corrected chi connectivity index (χ0v) is 84.3. The fourth-order valence-corrected chi connectivity index (χ4v) is 14.0. The van der Waals surface area contributed by atoms with Gasteiger partial charge in [0.15, 0.2) is 81.0 Å². The first-order valence-electron chi connectivity index (χ1n) is 46.9. The van der Waals surface area contributed by atoms with Gasteiger partial charge in [-0.25, -0.2) is 9.59 Å². The summed E-state index contributed by atoms with van der Waals surface area (Å²) < 4.78 is 10.3. The van der Waals surface area contributed by atoms with Crippen molar-refractivity contribution in [3.63, 3.8) is 0 Å². The molecule has 3 aromatic carbocycles. The van der Waals surface area contributed by atoms with E-state index < -0.39 is 23.5 Å². The van der Waals surface area contributed by atoms with Crippen molar-refractivity contribution in [1.29, 1.82) is 0 Å². The van der Waals surface area contributed by atoms with E-state index in [2.05, 4.69) is 59.6 Å². The van der Waals surface area contributed by atoms with Crippen LogP contribution in [-0.4, -0.2) is 141 Å². The average Bonchev–Trinajstić information content (AvgIpc) is 0.789. The number of ether oxygens (including phenoxy) is 2. The van der Waals surface area contributed by atoms with Crippen LogP contribution >= 0.6 is 0 Å². The third-order valence-electron chi connectivity index (χ3n) is 22.8. The maximum absolute atomic E-state index is 12.7. The molecule has 4 unspecified atom stereocenters. The Kier molecular flexibility index (Phi) is 63.0. The minimum Gasteiger partial charge on any atom is -0.462 e. The summed E-state index contributed by atoms with van der Waals surface area (Å²) in [5.41, 5.74) is 5.64. The molecule has 5 rings (SSSR count). The molecule has 2 fully saturated rings. The Hall–Kier alpha value is -12.1. The molecular weight excluding hydrogens is 1730 g/mol. The van der Waals surface area contributed by atoms with Crippen LogP contribution in [-0.2, 0) is 76.6 Å². The van der Waals surface area contributed by atoms with Gasteiger partial charge >= 0.3 is 11.9 Å². The second-order valence-corrected chi connectivity index (χ2v) is 35.5. The van der Waals surface area contributed by atoms with E-state index in [9.17, 15) is 105 Å². The number of carbonyl (C=O) groups excluding carboxylic acids is 22. The Morgan fingerprint density at radius 3 is 0.713 bits per heavy atom. The zero-order valence-electron chi connectivity index (χ0n) is 84.3. The number of allylic oxidation sites excluding steroid dienone is 8. The molecule has 24 heteroatoms. The van der Waals surface area contributed by atoms with E-state index in [1.165, 1.54) is 66.7 Å². The van der Waals surface area contributed by atoms with E-state index in [4.69, 9.17) is 9.47 Å². The molecule has 2 aliphatic carbocycles. The van der Waals surface area contributed by atoms with E-state index in [0.29, 0.717) is 209 Å². The lowest BCUT2D eigenvalue weighted by Gasteiger charge is -2.32. The van der Waals surface area contributed by atoms with Gasteiger partial charge in [0.2, 0.25) is 0 Å². The maximum atomic E-state index is 12.7. The number of hydrogen-bond acceptors (Lipinski definition) is 24.